The zero-order valence-corrected chi connectivity index (χ0v) is 27.3. The number of sulfonamides is 1. The molecule has 1 amide bonds. The zero-order chi connectivity index (χ0) is 33.0. The van der Waals surface area contributed by atoms with Crippen molar-refractivity contribution >= 4 is 15.9 Å². The fourth-order valence-electron chi connectivity index (χ4n) is 5.20. The summed E-state index contributed by atoms with van der Waals surface area (Å²) in [7, 11) is -3.77. The van der Waals surface area contributed by atoms with E-state index < -0.39 is 15.8 Å². The van der Waals surface area contributed by atoms with Crippen molar-refractivity contribution in [2.75, 3.05) is 0 Å². The number of halogens is 2. The number of hydrogen-bond acceptors (Lipinski definition) is 4. The van der Waals surface area contributed by atoms with Crippen LogP contribution >= 0.6 is 0 Å². The third kappa shape index (κ3) is 10.9. The van der Waals surface area contributed by atoms with Crippen molar-refractivity contribution in [2.45, 2.75) is 83.6 Å². The molecule has 5 rings (SSSR count). The van der Waals surface area contributed by atoms with E-state index in [1.807, 2.05) is 50.8 Å². The van der Waals surface area contributed by atoms with Gasteiger partial charge in [-0.25, -0.2) is 22.3 Å². The number of aryl methyl sites for hydroxylation is 1. The van der Waals surface area contributed by atoms with E-state index >= 15 is 0 Å². The maximum Gasteiger partial charge on any atom is 0.238 e. The van der Waals surface area contributed by atoms with Gasteiger partial charge in [0.2, 0.25) is 15.9 Å². The Bertz CT molecular complexity index is 1650. The highest BCUT2D eigenvalue weighted by atomic mass is 32.2. The van der Waals surface area contributed by atoms with Crippen LogP contribution in [0.5, 0.6) is 0 Å². The van der Waals surface area contributed by atoms with Gasteiger partial charge in [-0.3, -0.25) is 9.78 Å². The Balaban J connectivity index is 0.000000357. The summed E-state index contributed by atoms with van der Waals surface area (Å²) in [6.07, 6.45) is 12.5. The van der Waals surface area contributed by atoms with Crippen LogP contribution in [0.3, 0.4) is 0 Å². The Morgan fingerprint density at radius 2 is 1.60 bits per heavy atom. The lowest BCUT2D eigenvalue weighted by atomic mass is 9.89. The van der Waals surface area contributed by atoms with Crippen LogP contribution in [0.25, 0.3) is 0 Å². The Labute approximate surface area is 266 Å². The van der Waals surface area contributed by atoms with Crippen LogP contribution in [0.4, 0.5) is 8.78 Å². The monoisotopic (exact) mass is 635 g/mol. The summed E-state index contributed by atoms with van der Waals surface area (Å²) in [5.74, 6) is -0.812. The first-order chi connectivity index (χ1) is 21.5. The van der Waals surface area contributed by atoms with E-state index in [2.05, 4.69) is 23.2 Å². The minimum Gasteiger partial charge on any atom is -0.307 e. The average Bonchev–Trinajstić information content (AvgIpc) is 3.23. The number of nitrogens with zero attached hydrogens (tertiary/aromatic N) is 2. The molecule has 6 nitrogen and oxygen atoms in total. The van der Waals surface area contributed by atoms with Crippen molar-refractivity contribution in [3.63, 3.8) is 0 Å². The van der Waals surface area contributed by atoms with Gasteiger partial charge in [-0.05, 0) is 110 Å². The minimum absolute atomic E-state index is 0.00142. The Kier molecular flexibility index (Phi) is 13.4. The second kappa shape index (κ2) is 16.9. The molecule has 45 heavy (non-hydrogen) atoms. The first kappa shape index (κ1) is 35.5. The molecule has 1 saturated carbocycles. The van der Waals surface area contributed by atoms with E-state index in [-0.39, 0.29) is 22.5 Å². The number of benzene rings is 2. The predicted molar refractivity (Wildman–Crippen MR) is 175 cm³/mol. The van der Waals surface area contributed by atoms with Gasteiger partial charge >= 0.3 is 0 Å². The van der Waals surface area contributed by atoms with Gasteiger partial charge in [0.1, 0.15) is 11.6 Å². The second-order valence-electron chi connectivity index (χ2n) is 10.9. The molecule has 0 unspecified atom stereocenters. The molecule has 9 heteroatoms. The standard InChI is InChI=1S/C28H31FN2O.C6H6FNO2S.C2H6/c1-20(22-13-15-25(29)16-14-22)17-28(32)31(19-26-11-5-7-21(2)30-26)27-12-6-10-23-8-3-4-9-24(23)18-27;7-5-2-1-3-6(4-5)11(8,9)10;1-2/h5,7,10-16,18,20H,3-4,6,8-9,17,19H2,1-2H3;1-4H,(H2,8,9,10);1-2H3/t20-;;/m0../s1. The van der Waals surface area contributed by atoms with Crippen molar-refractivity contribution in [3.05, 3.63) is 130 Å². The number of rotatable bonds is 7. The Morgan fingerprint density at radius 1 is 0.933 bits per heavy atom. The smallest absolute Gasteiger partial charge is 0.238 e. The van der Waals surface area contributed by atoms with Gasteiger partial charge in [0.25, 0.3) is 0 Å². The van der Waals surface area contributed by atoms with Crippen LogP contribution in [0, 0.1) is 18.6 Å². The number of carbonyl (C=O) groups excluding carboxylic acids is 1. The highest BCUT2D eigenvalue weighted by Gasteiger charge is 2.23. The fourth-order valence-corrected chi connectivity index (χ4v) is 5.74. The van der Waals surface area contributed by atoms with Crippen molar-refractivity contribution < 1.29 is 22.0 Å². The number of pyridine rings is 1. The molecule has 0 aliphatic heterocycles. The first-order valence-electron chi connectivity index (χ1n) is 15.4. The predicted octanol–water partition coefficient (Wildman–Crippen LogP) is 8.27. The molecule has 1 atom stereocenters. The number of amides is 1. The highest BCUT2D eigenvalue weighted by Crippen LogP contribution is 2.33. The number of fused-ring (bicyclic) bond motifs is 1. The lowest BCUT2D eigenvalue weighted by Crippen LogP contribution is -2.31. The van der Waals surface area contributed by atoms with Gasteiger partial charge in [-0.2, -0.15) is 0 Å². The van der Waals surface area contributed by atoms with Crippen molar-refractivity contribution in [3.8, 4) is 0 Å². The molecular weight excluding hydrogens is 592 g/mol. The van der Waals surface area contributed by atoms with Crippen LogP contribution in [-0.2, 0) is 21.4 Å². The lowest BCUT2D eigenvalue weighted by molar-refractivity contribution is -0.130. The maximum absolute atomic E-state index is 13.6. The molecule has 1 fully saturated rings. The third-order valence-corrected chi connectivity index (χ3v) is 8.40. The number of hydrogen-bond donors (Lipinski definition) is 1. The number of carbonyl (C=O) groups is 1. The van der Waals surface area contributed by atoms with Gasteiger partial charge in [0, 0.05) is 17.8 Å². The number of primary sulfonamides is 1. The minimum atomic E-state index is -3.77. The summed E-state index contributed by atoms with van der Waals surface area (Å²) in [5.41, 5.74) is 6.56. The van der Waals surface area contributed by atoms with E-state index in [1.165, 1.54) is 48.3 Å². The maximum atomic E-state index is 13.6. The molecule has 1 aromatic heterocycles. The molecule has 2 N–H and O–H groups in total. The lowest BCUT2D eigenvalue weighted by Gasteiger charge is -2.26. The molecule has 0 bridgehead atoms. The first-order valence-corrected chi connectivity index (χ1v) is 16.9. The quantitative estimate of drug-likeness (QED) is 0.283. The summed E-state index contributed by atoms with van der Waals surface area (Å²) < 4.78 is 46.9. The number of allylic oxidation sites excluding steroid dienone is 5. The molecule has 1 heterocycles. The highest BCUT2D eigenvalue weighted by molar-refractivity contribution is 7.89. The van der Waals surface area contributed by atoms with E-state index in [0.717, 1.165) is 54.0 Å². The summed E-state index contributed by atoms with van der Waals surface area (Å²) in [6, 6.07) is 16.9. The van der Waals surface area contributed by atoms with E-state index in [4.69, 9.17) is 5.14 Å². The summed E-state index contributed by atoms with van der Waals surface area (Å²) in [6.45, 7) is 8.44. The van der Waals surface area contributed by atoms with Gasteiger partial charge < -0.3 is 4.90 Å². The molecule has 240 valence electrons. The molecular formula is C36H43F2N3O3S. The largest absolute Gasteiger partial charge is 0.307 e. The van der Waals surface area contributed by atoms with Crippen LogP contribution < -0.4 is 5.14 Å². The zero-order valence-electron chi connectivity index (χ0n) is 26.5. The van der Waals surface area contributed by atoms with Crippen molar-refractivity contribution in [2.24, 2.45) is 5.14 Å². The van der Waals surface area contributed by atoms with Crippen molar-refractivity contribution in [1.82, 2.24) is 9.88 Å². The van der Waals surface area contributed by atoms with Gasteiger partial charge in [-0.15, -0.1) is 0 Å². The van der Waals surface area contributed by atoms with Gasteiger partial charge in [0.15, 0.2) is 0 Å². The second-order valence-corrected chi connectivity index (χ2v) is 12.4. The topological polar surface area (TPSA) is 93.4 Å². The normalized spacial score (nSPS) is 14.9. The van der Waals surface area contributed by atoms with Crippen LogP contribution in [-0.4, -0.2) is 24.2 Å². The van der Waals surface area contributed by atoms with Crippen LogP contribution in [0.15, 0.2) is 107 Å². The summed E-state index contributed by atoms with van der Waals surface area (Å²) in [5, 5.41) is 4.73. The van der Waals surface area contributed by atoms with E-state index in [9.17, 15) is 22.0 Å². The SMILES string of the molecule is CC.Cc1cccc(CN(C(=O)C[C@H](C)c2ccc(F)cc2)C2=CCC=C3CCCCC3=C2)n1.NS(=O)(=O)c1cccc(F)c1. The van der Waals surface area contributed by atoms with Gasteiger partial charge in [0.05, 0.1) is 17.1 Å². The molecule has 0 spiro atoms. The molecule has 2 aliphatic rings. The average molecular weight is 636 g/mol. The molecule has 2 aromatic carbocycles. The van der Waals surface area contributed by atoms with Crippen LogP contribution in [0.1, 0.15) is 82.2 Å². The molecule has 2 aliphatic carbocycles. The number of aromatic nitrogens is 1. The van der Waals surface area contributed by atoms with E-state index in [0.29, 0.717) is 13.0 Å². The molecule has 3 aromatic rings. The summed E-state index contributed by atoms with van der Waals surface area (Å²) >= 11 is 0. The molecule has 0 saturated heterocycles. The van der Waals surface area contributed by atoms with E-state index in [1.54, 1.807) is 12.1 Å². The van der Waals surface area contributed by atoms with Gasteiger partial charge in [-0.1, -0.05) is 57.2 Å². The van der Waals surface area contributed by atoms with Crippen LogP contribution in [0.2, 0.25) is 0 Å². The number of nitrogens with two attached hydrogens (primary N) is 1. The fraction of sp³-hybridized carbons (Fsp3) is 0.333. The third-order valence-electron chi connectivity index (χ3n) is 7.49. The molecule has 0 radical (unpaired) electrons. The Hall–Kier alpha value is -3.95. The summed E-state index contributed by atoms with van der Waals surface area (Å²) in [4.78, 5) is 19.9. The Morgan fingerprint density at radius 3 is 2.22 bits per heavy atom. The van der Waals surface area contributed by atoms with Crippen molar-refractivity contribution in [1.29, 1.82) is 0 Å².